The first-order valence-electron chi connectivity index (χ1n) is 7.42. The molecule has 4 nitrogen and oxygen atoms in total. The lowest BCUT2D eigenvalue weighted by Gasteiger charge is -2.20. The Morgan fingerprint density at radius 1 is 1.38 bits per heavy atom. The number of ether oxygens (including phenoxy) is 1. The van der Waals surface area contributed by atoms with E-state index in [1.807, 2.05) is 19.9 Å². The minimum Gasteiger partial charge on any atom is -0.495 e. The summed E-state index contributed by atoms with van der Waals surface area (Å²) in [4.78, 5) is 12.2. The maximum absolute atomic E-state index is 12.2. The summed E-state index contributed by atoms with van der Waals surface area (Å²) in [6.45, 7) is 3.78. The van der Waals surface area contributed by atoms with Crippen molar-refractivity contribution in [1.82, 2.24) is 5.32 Å². The number of halogens is 1. The van der Waals surface area contributed by atoms with Crippen molar-refractivity contribution in [2.75, 3.05) is 12.4 Å². The van der Waals surface area contributed by atoms with Gasteiger partial charge in [-0.1, -0.05) is 24.4 Å². The number of hydrogen-bond acceptors (Lipinski definition) is 3. The number of hydrogen-bond donors (Lipinski definition) is 2. The highest BCUT2D eigenvalue weighted by molar-refractivity contribution is 6.31. The summed E-state index contributed by atoms with van der Waals surface area (Å²) in [6.07, 6.45) is 4.58. The van der Waals surface area contributed by atoms with E-state index in [0.717, 1.165) is 24.1 Å². The largest absolute Gasteiger partial charge is 0.495 e. The second kappa shape index (κ2) is 7.03. The van der Waals surface area contributed by atoms with Gasteiger partial charge in [-0.2, -0.15) is 0 Å². The van der Waals surface area contributed by atoms with Crippen LogP contribution in [0, 0.1) is 6.92 Å². The average molecular weight is 311 g/mol. The zero-order valence-corrected chi connectivity index (χ0v) is 13.6. The van der Waals surface area contributed by atoms with Gasteiger partial charge in [-0.05, 0) is 38.3 Å². The van der Waals surface area contributed by atoms with Crippen molar-refractivity contribution in [1.29, 1.82) is 0 Å². The van der Waals surface area contributed by atoms with Gasteiger partial charge in [-0.25, -0.2) is 0 Å². The number of benzene rings is 1. The van der Waals surface area contributed by atoms with Crippen LogP contribution in [0.25, 0.3) is 0 Å². The molecule has 0 saturated heterocycles. The molecule has 1 aliphatic rings. The number of rotatable bonds is 5. The molecule has 0 aromatic heterocycles. The highest BCUT2D eigenvalue weighted by Gasteiger charge is 2.21. The molecule has 1 unspecified atom stereocenters. The Balaban J connectivity index is 2.02. The molecule has 1 amide bonds. The summed E-state index contributed by atoms with van der Waals surface area (Å²) in [5, 5.41) is 6.95. The normalized spacial score (nSPS) is 16.6. The predicted molar refractivity (Wildman–Crippen MR) is 86.2 cm³/mol. The molecule has 2 N–H and O–H groups in total. The number of carbonyl (C=O) groups excluding carboxylic acids is 1. The molecule has 1 aromatic carbocycles. The lowest BCUT2D eigenvalue weighted by atomic mass is 10.1. The molecule has 1 aromatic rings. The van der Waals surface area contributed by atoms with E-state index in [1.165, 1.54) is 12.8 Å². The predicted octanol–water partition coefficient (Wildman–Crippen LogP) is 3.52. The highest BCUT2D eigenvalue weighted by Crippen LogP contribution is 2.31. The molecule has 21 heavy (non-hydrogen) atoms. The maximum atomic E-state index is 12.2. The van der Waals surface area contributed by atoms with Gasteiger partial charge in [0, 0.05) is 17.1 Å². The van der Waals surface area contributed by atoms with Gasteiger partial charge in [-0.3, -0.25) is 4.79 Å². The first-order valence-corrected chi connectivity index (χ1v) is 7.80. The molecular weight excluding hydrogens is 288 g/mol. The van der Waals surface area contributed by atoms with Crippen LogP contribution in [0.15, 0.2) is 12.1 Å². The fourth-order valence-electron chi connectivity index (χ4n) is 2.64. The van der Waals surface area contributed by atoms with Crippen LogP contribution < -0.4 is 15.4 Å². The van der Waals surface area contributed by atoms with Crippen LogP contribution in [0.4, 0.5) is 5.69 Å². The third-order valence-corrected chi connectivity index (χ3v) is 4.35. The van der Waals surface area contributed by atoms with Crippen molar-refractivity contribution < 1.29 is 9.53 Å². The van der Waals surface area contributed by atoms with Crippen molar-refractivity contribution in [2.24, 2.45) is 0 Å². The molecule has 0 heterocycles. The van der Waals surface area contributed by atoms with E-state index in [0.29, 0.717) is 16.8 Å². The quantitative estimate of drug-likeness (QED) is 0.875. The van der Waals surface area contributed by atoms with Crippen molar-refractivity contribution in [2.45, 2.75) is 51.6 Å². The van der Waals surface area contributed by atoms with Crippen LogP contribution in [-0.2, 0) is 4.79 Å². The Kier molecular flexibility index (Phi) is 5.34. The molecule has 116 valence electrons. The monoisotopic (exact) mass is 310 g/mol. The lowest BCUT2D eigenvalue weighted by molar-refractivity contribution is -0.122. The summed E-state index contributed by atoms with van der Waals surface area (Å²) in [6, 6.07) is 3.68. The van der Waals surface area contributed by atoms with Gasteiger partial charge in [0.25, 0.3) is 0 Å². The van der Waals surface area contributed by atoms with Gasteiger partial charge in [0.2, 0.25) is 5.91 Å². The minimum absolute atomic E-state index is 0.0246. The van der Waals surface area contributed by atoms with Gasteiger partial charge >= 0.3 is 0 Å². The fraction of sp³-hybridized carbons (Fsp3) is 0.562. The fourth-order valence-corrected chi connectivity index (χ4v) is 2.79. The number of amides is 1. The molecule has 1 saturated carbocycles. The standard InChI is InChI=1S/C16H23ClN2O2/c1-10-8-14(15(21-3)9-13(10)17)18-11(2)16(20)19-12-6-4-5-7-12/h8-9,11-12,18H,4-7H2,1-3H3,(H,19,20). The molecule has 2 rings (SSSR count). The smallest absolute Gasteiger partial charge is 0.242 e. The number of carbonyl (C=O) groups is 1. The molecule has 1 atom stereocenters. The summed E-state index contributed by atoms with van der Waals surface area (Å²) in [7, 11) is 1.59. The second-order valence-electron chi connectivity index (χ2n) is 5.66. The molecule has 1 fully saturated rings. The van der Waals surface area contributed by atoms with Gasteiger partial charge in [0.1, 0.15) is 11.8 Å². The van der Waals surface area contributed by atoms with E-state index in [9.17, 15) is 4.79 Å². The van der Waals surface area contributed by atoms with Crippen molar-refractivity contribution >= 4 is 23.2 Å². The van der Waals surface area contributed by atoms with Crippen molar-refractivity contribution in [3.63, 3.8) is 0 Å². The van der Waals surface area contributed by atoms with E-state index < -0.39 is 0 Å². The summed E-state index contributed by atoms with van der Waals surface area (Å²) >= 11 is 6.09. The average Bonchev–Trinajstić information content (AvgIpc) is 2.95. The van der Waals surface area contributed by atoms with Gasteiger partial charge in [0.05, 0.1) is 12.8 Å². The molecule has 0 radical (unpaired) electrons. The minimum atomic E-state index is -0.319. The number of methoxy groups -OCH3 is 1. The topological polar surface area (TPSA) is 50.4 Å². The van der Waals surface area contributed by atoms with E-state index in [2.05, 4.69) is 10.6 Å². The Bertz CT molecular complexity index is 513. The third kappa shape index (κ3) is 4.03. The number of nitrogens with one attached hydrogen (secondary N) is 2. The molecular formula is C16H23ClN2O2. The van der Waals surface area contributed by atoms with Gasteiger partial charge < -0.3 is 15.4 Å². The Morgan fingerprint density at radius 3 is 2.67 bits per heavy atom. The van der Waals surface area contributed by atoms with Crippen LogP contribution in [0.5, 0.6) is 5.75 Å². The Morgan fingerprint density at radius 2 is 2.05 bits per heavy atom. The first kappa shape index (κ1) is 16.0. The van der Waals surface area contributed by atoms with E-state index in [-0.39, 0.29) is 11.9 Å². The van der Waals surface area contributed by atoms with Crippen LogP contribution in [0.1, 0.15) is 38.2 Å². The Labute approximate surface area is 131 Å². The van der Waals surface area contributed by atoms with Gasteiger partial charge in [-0.15, -0.1) is 0 Å². The van der Waals surface area contributed by atoms with Crippen LogP contribution in [0.2, 0.25) is 5.02 Å². The first-order chi connectivity index (χ1) is 10.0. The summed E-state index contributed by atoms with van der Waals surface area (Å²) in [5.74, 6) is 0.669. The van der Waals surface area contributed by atoms with E-state index in [1.54, 1.807) is 13.2 Å². The van der Waals surface area contributed by atoms with E-state index >= 15 is 0 Å². The van der Waals surface area contributed by atoms with Crippen LogP contribution in [0.3, 0.4) is 0 Å². The second-order valence-corrected chi connectivity index (χ2v) is 6.06. The summed E-state index contributed by atoms with van der Waals surface area (Å²) < 4.78 is 5.32. The number of anilines is 1. The van der Waals surface area contributed by atoms with Crippen molar-refractivity contribution in [3.8, 4) is 5.75 Å². The Hall–Kier alpha value is -1.42. The SMILES string of the molecule is COc1cc(Cl)c(C)cc1NC(C)C(=O)NC1CCCC1. The zero-order valence-electron chi connectivity index (χ0n) is 12.8. The van der Waals surface area contributed by atoms with Crippen molar-refractivity contribution in [3.05, 3.63) is 22.7 Å². The lowest BCUT2D eigenvalue weighted by Crippen LogP contribution is -2.42. The molecule has 0 aliphatic heterocycles. The maximum Gasteiger partial charge on any atom is 0.242 e. The van der Waals surface area contributed by atoms with Gasteiger partial charge in [0.15, 0.2) is 0 Å². The molecule has 0 spiro atoms. The third-order valence-electron chi connectivity index (χ3n) is 3.95. The molecule has 1 aliphatic carbocycles. The number of aryl methyl sites for hydroxylation is 1. The van der Waals surface area contributed by atoms with Crippen LogP contribution in [-0.4, -0.2) is 25.1 Å². The van der Waals surface area contributed by atoms with E-state index in [4.69, 9.17) is 16.3 Å². The van der Waals surface area contributed by atoms with Crippen LogP contribution >= 0.6 is 11.6 Å². The zero-order chi connectivity index (χ0) is 15.4. The molecule has 0 bridgehead atoms. The summed E-state index contributed by atoms with van der Waals surface area (Å²) in [5.41, 5.74) is 1.73. The molecule has 5 heteroatoms. The highest BCUT2D eigenvalue weighted by atomic mass is 35.5.